The average molecular weight is 651 g/mol. The lowest BCUT2D eigenvalue weighted by Gasteiger charge is -2.26. The molecule has 0 unspecified atom stereocenters. The Morgan fingerprint density at radius 3 is 2.36 bits per heavy atom. The summed E-state index contributed by atoms with van der Waals surface area (Å²) >= 11 is 6.46. The van der Waals surface area contributed by atoms with Gasteiger partial charge in [0.15, 0.2) is 12.4 Å². The minimum absolute atomic E-state index is 0.113. The summed E-state index contributed by atoms with van der Waals surface area (Å²) in [5, 5.41) is 3.56. The molecule has 3 rings (SSSR count). The molecule has 1 saturated heterocycles. The zero-order chi connectivity index (χ0) is 30.9. The van der Waals surface area contributed by atoms with Crippen LogP contribution in [0.5, 0.6) is 11.5 Å². The van der Waals surface area contributed by atoms with Gasteiger partial charge >= 0.3 is 21.6 Å². The number of hydrogen-bond donors (Lipinski definition) is 4. The first kappa shape index (κ1) is 33.8. The van der Waals surface area contributed by atoms with Crippen LogP contribution >= 0.6 is 27.2 Å². The Morgan fingerprint density at radius 1 is 1.05 bits per heavy atom. The van der Waals surface area contributed by atoms with Gasteiger partial charge in [-0.1, -0.05) is 35.0 Å². The fourth-order valence-corrected chi connectivity index (χ4v) is 5.37. The number of esters is 1. The van der Waals surface area contributed by atoms with Crippen molar-refractivity contribution in [2.75, 3.05) is 19.7 Å². The number of carbonyl (C=O) groups excluding carboxylic acids is 2. The van der Waals surface area contributed by atoms with Gasteiger partial charge in [0.2, 0.25) is 0 Å². The molecule has 1 amide bonds. The summed E-state index contributed by atoms with van der Waals surface area (Å²) in [6.45, 7) is 2.46. The molecule has 17 heteroatoms. The molecular weight excluding hydrogens is 618 g/mol. The number of fused-ring (bicyclic) bond motifs is 1. The monoisotopic (exact) mass is 650 g/mol. The zero-order valence-corrected chi connectivity index (χ0v) is 25.3. The summed E-state index contributed by atoms with van der Waals surface area (Å²) in [5.41, 5.74) is -0.646. The van der Waals surface area contributed by atoms with E-state index in [0.29, 0.717) is 38.4 Å². The Hall–Kier alpha value is -2.70. The minimum Gasteiger partial charge on any atom is -0.459 e. The molecule has 2 aliphatic rings. The third kappa shape index (κ3) is 10.9. The highest BCUT2D eigenvalue weighted by Gasteiger charge is 2.32. The lowest BCUT2D eigenvalue weighted by Crippen LogP contribution is -2.37. The average Bonchev–Trinajstić information content (AvgIpc) is 2.88. The third-order valence-electron chi connectivity index (χ3n) is 6.12. The number of benzene rings is 1. The number of piperidine rings is 1. The number of cyclic esters (lactones) is 1. The summed E-state index contributed by atoms with van der Waals surface area (Å²) in [6, 6.07) is 0.675. The highest BCUT2D eigenvalue weighted by atomic mass is 35.5. The molecule has 0 radical (unpaired) electrons. The maximum Gasteiger partial charge on any atom is 0.524 e. The van der Waals surface area contributed by atoms with E-state index in [1.54, 1.807) is 30.1 Å². The number of phosphoric acid groups is 2. The minimum atomic E-state index is -5.31. The van der Waals surface area contributed by atoms with E-state index in [2.05, 4.69) is 9.68 Å². The molecule has 4 N–H and O–H groups in total. The van der Waals surface area contributed by atoms with Crippen molar-refractivity contribution in [2.24, 2.45) is 5.16 Å². The van der Waals surface area contributed by atoms with Gasteiger partial charge in [0.1, 0.15) is 17.4 Å². The van der Waals surface area contributed by atoms with Gasteiger partial charge in [0.05, 0.1) is 10.7 Å². The number of allylic oxidation sites excluding steroid dienone is 3. The van der Waals surface area contributed by atoms with Crippen LogP contribution in [0.1, 0.15) is 61.4 Å². The molecule has 14 nitrogen and oxygen atoms in total. The molecular formula is C25H33ClN2O12P2. The van der Waals surface area contributed by atoms with E-state index in [-0.39, 0.29) is 30.2 Å². The van der Waals surface area contributed by atoms with Crippen LogP contribution in [0.15, 0.2) is 35.5 Å². The summed E-state index contributed by atoms with van der Waals surface area (Å²) in [4.78, 5) is 70.7. The van der Waals surface area contributed by atoms with E-state index in [0.717, 1.165) is 19.3 Å². The van der Waals surface area contributed by atoms with Gasteiger partial charge in [-0.2, -0.15) is 0 Å². The lowest BCUT2D eigenvalue weighted by molar-refractivity contribution is -0.137. The Bertz CT molecular complexity index is 1330. The smallest absolute Gasteiger partial charge is 0.459 e. The normalized spacial score (nSPS) is 21.5. The van der Waals surface area contributed by atoms with Crippen molar-refractivity contribution in [3.8, 4) is 11.5 Å². The van der Waals surface area contributed by atoms with Crippen molar-refractivity contribution in [2.45, 2.75) is 58.0 Å². The maximum atomic E-state index is 13.4. The molecule has 2 aliphatic heterocycles. The highest BCUT2D eigenvalue weighted by molar-refractivity contribution is 7.47. The summed E-state index contributed by atoms with van der Waals surface area (Å²) in [7, 11) is -10.5. The van der Waals surface area contributed by atoms with Crippen molar-refractivity contribution in [1.29, 1.82) is 0 Å². The van der Waals surface area contributed by atoms with E-state index >= 15 is 0 Å². The van der Waals surface area contributed by atoms with Crippen LogP contribution in [0.25, 0.3) is 0 Å². The van der Waals surface area contributed by atoms with E-state index < -0.39 is 49.8 Å². The molecule has 1 atom stereocenters. The number of ether oxygens (including phenoxy) is 1. The first-order valence-electron chi connectivity index (χ1n) is 13.1. The van der Waals surface area contributed by atoms with Gasteiger partial charge in [-0.15, -0.1) is 0 Å². The second kappa shape index (κ2) is 15.2. The van der Waals surface area contributed by atoms with Gasteiger partial charge < -0.3 is 23.5 Å². The zero-order valence-electron chi connectivity index (χ0n) is 22.8. The Labute approximate surface area is 247 Å². The topological polar surface area (TPSA) is 202 Å². The number of phosphoric ester groups is 2. The number of likely N-dealkylation sites (tertiary alicyclic amines) is 1. The molecule has 0 aliphatic carbocycles. The van der Waals surface area contributed by atoms with E-state index in [1.165, 1.54) is 0 Å². The Balaban J connectivity index is 2.11. The number of carbonyl (C=O) groups is 2. The van der Waals surface area contributed by atoms with Crippen LogP contribution in [0.2, 0.25) is 5.02 Å². The van der Waals surface area contributed by atoms with Gasteiger partial charge in [0, 0.05) is 32.0 Å². The first-order valence-corrected chi connectivity index (χ1v) is 16.5. The molecule has 1 aromatic rings. The number of rotatable bonds is 7. The SMILES string of the molecule is C[C@@H]1C/C=C/CC/C=C/C(=N\OCC(=O)N2CCCCC2)Cc2c(Cl)c(OP(=O)(O)O)cc(OP(=O)(O)O)c2C(=O)O1. The quantitative estimate of drug-likeness (QED) is 0.143. The molecule has 0 saturated carbocycles. The largest absolute Gasteiger partial charge is 0.524 e. The predicted molar refractivity (Wildman–Crippen MR) is 151 cm³/mol. The van der Waals surface area contributed by atoms with Crippen molar-refractivity contribution in [3.63, 3.8) is 0 Å². The highest BCUT2D eigenvalue weighted by Crippen LogP contribution is 2.49. The molecule has 1 aromatic carbocycles. The summed E-state index contributed by atoms with van der Waals surface area (Å²) < 4.78 is 38.3. The van der Waals surface area contributed by atoms with Crippen molar-refractivity contribution < 1.29 is 56.9 Å². The molecule has 0 aromatic heterocycles. The number of amides is 1. The second-order valence-corrected chi connectivity index (χ2v) is 12.3. The Kier molecular flexibility index (Phi) is 12.2. The van der Waals surface area contributed by atoms with Gasteiger partial charge in [0.25, 0.3) is 5.91 Å². The Morgan fingerprint density at radius 2 is 1.69 bits per heavy atom. The summed E-state index contributed by atoms with van der Waals surface area (Å²) in [5.74, 6) is -2.86. The van der Waals surface area contributed by atoms with Crippen LogP contribution in [0, 0.1) is 0 Å². The molecule has 2 heterocycles. The predicted octanol–water partition coefficient (Wildman–Crippen LogP) is 4.05. The molecule has 1 fully saturated rings. The molecule has 232 valence electrons. The first-order chi connectivity index (χ1) is 19.7. The fourth-order valence-electron chi connectivity index (χ4n) is 4.26. The molecule has 42 heavy (non-hydrogen) atoms. The van der Waals surface area contributed by atoms with Gasteiger partial charge in [-0.05, 0) is 50.7 Å². The molecule has 0 spiro atoms. The molecule has 0 bridgehead atoms. The second-order valence-electron chi connectivity index (χ2n) is 9.58. The number of halogens is 1. The van der Waals surface area contributed by atoms with E-state index in [9.17, 15) is 38.3 Å². The maximum absolute atomic E-state index is 13.4. The third-order valence-corrected chi connectivity index (χ3v) is 7.40. The van der Waals surface area contributed by atoms with E-state index in [4.69, 9.17) is 25.7 Å². The van der Waals surface area contributed by atoms with Crippen molar-refractivity contribution in [3.05, 3.63) is 46.5 Å². The number of nitrogens with zero attached hydrogens (tertiary/aromatic N) is 2. The van der Waals surface area contributed by atoms with Crippen LogP contribution in [-0.2, 0) is 29.9 Å². The lowest BCUT2D eigenvalue weighted by atomic mass is 9.99. The van der Waals surface area contributed by atoms with Crippen LogP contribution in [0.4, 0.5) is 0 Å². The van der Waals surface area contributed by atoms with Crippen LogP contribution in [-0.4, -0.2) is 67.9 Å². The fraction of sp³-hybridized carbons (Fsp3) is 0.480. The van der Waals surface area contributed by atoms with Crippen LogP contribution < -0.4 is 9.05 Å². The van der Waals surface area contributed by atoms with E-state index in [1.807, 2.05) is 6.08 Å². The van der Waals surface area contributed by atoms with Crippen molar-refractivity contribution in [1.82, 2.24) is 4.90 Å². The van der Waals surface area contributed by atoms with Crippen LogP contribution in [0.3, 0.4) is 0 Å². The number of oxime groups is 1. The van der Waals surface area contributed by atoms with Crippen molar-refractivity contribution >= 4 is 44.8 Å². The summed E-state index contributed by atoms with van der Waals surface area (Å²) in [6.07, 6.45) is 10.3. The van der Waals surface area contributed by atoms with Gasteiger partial charge in [-0.25, -0.2) is 13.9 Å². The standard InChI is InChI=1S/C25H33ClN2O12P2/c1-17-10-6-3-2-4-7-11-18(27-37-16-22(29)28-12-8-5-9-13-28)14-19-23(25(30)38-17)20(39-41(31,32)33)15-21(24(19)26)40-42(34,35)36/h3,6-7,11,15,17H,2,4-5,8-10,12-14,16H2,1H3,(H2,31,32,33)(H2,34,35,36)/b6-3+,11-7+,27-18+/t17-/m1/s1. The van der Waals surface area contributed by atoms with Gasteiger partial charge in [-0.3, -0.25) is 24.4 Å². The number of hydrogen-bond acceptors (Lipinski definition) is 9.